The SMILES string of the molecule is Cc1ccc(C(=O)NCC(C)(C)C)cc1-c1nc(N2CCC(N3CCC(C)CC3)CC2)nc2c1ccc(=O)n2-c1c(F)cccc1F. The van der Waals surface area contributed by atoms with E-state index in [0.29, 0.717) is 53.8 Å². The van der Waals surface area contributed by atoms with Gasteiger partial charge in [0.15, 0.2) is 5.65 Å². The van der Waals surface area contributed by atoms with Crippen LogP contribution in [0.15, 0.2) is 53.3 Å². The van der Waals surface area contributed by atoms with E-state index in [1.165, 1.54) is 25.0 Å². The second-order valence-electron chi connectivity index (χ2n) is 14.4. The Kier molecular flexibility index (Phi) is 9.16. The largest absolute Gasteiger partial charge is 0.352 e. The van der Waals surface area contributed by atoms with E-state index in [2.05, 4.69) is 42.8 Å². The summed E-state index contributed by atoms with van der Waals surface area (Å²) >= 11 is 0. The number of halogens is 2. The van der Waals surface area contributed by atoms with Crippen LogP contribution in [0, 0.1) is 29.9 Å². The number of carbonyl (C=O) groups is 1. The predicted molar refractivity (Wildman–Crippen MR) is 182 cm³/mol. The third kappa shape index (κ3) is 6.93. The molecule has 0 atom stereocenters. The minimum atomic E-state index is -0.869. The highest BCUT2D eigenvalue weighted by molar-refractivity contribution is 5.98. The Labute approximate surface area is 274 Å². The van der Waals surface area contributed by atoms with Crippen molar-refractivity contribution in [2.75, 3.05) is 37.6 Å². The van der Waals surface area contributed by atoms with Crippen molar-refractivity contribution in [1.82, 2.24) is 24.8 Å². The number of aromatic nitrogens is 3. The number of hydrogen-bond donors (Lipinski definition) is 1. The molecule has 2 aliphatic rings. The van der Waals surface area contributed by atoms with Gasteiger partial charge in [0.1, 0.15) is 17.3 Å². The Morgan fingerprint density at radius 3 is 2.28 bits per heavy atom. The second kappa shape index (κ2) is 13.1. The molecule has 4 aromatic rings. The highest BCUT2D eigenvalue weighted by Gasteiger charge is 2.29. The number of fused-ring (bicyclic) bond motifs is 1. The molecule has 0 unspecified atom stereocenters. The van der Waals surface area contributed by atoms with Crippen LogP contribution in [0.4, 0.5) is 14.7 Å². The maximum atomic E-state index is 15.2. The molecule has 2 fully saturated rings. The summed E-state index contributed by atoms with van der Waals surface area (Å²) in [6.45, 7) is 14.5. The predicted octanol–water partition coefficient (Wildman–Crippen LogP) is 6.51. The van der Waals surface area contributed by atoms with Crippen molar-refractivity contribution in [1.29, 1.82) is 0 Å². The average molecular weight is 643 g/mol. The van der Waals surface area contributed by atoms with Gasteiger partial charge in [0, 0.05) is 48.3 Å². The van der Waals surface area contributed by atoms with Crippen LogP contribution in [0.3, 0.4) is 0 Å². The van der Waals surface area contributed by atoms with Gasteiger partial charge in [-0.1, -0.05) is 39.8 Å². The fourth-order valence-electron chi connectivity index (χ4n) is 6.66. The summed E-state index contributed by atoms with van der Waals surface area (Å²) in [4.78, 5) is 41.2. The number of nitrogens with one attached hydrogen (secondary N) is 1. The number of amides is 1. The van der Waals surface area contributed by atoms with Crippen LogP contribution in [0.1, 0.15) is 69.3 Å². The smallest absolute Gasteiger partial charge is 0.256 e. The number of nitrogens with zero attached hydrogens (tertiary/aromatic N) is 5. The Balaban J connectivity index is 1.47. The number of rotatable bonds is 6. The molecule has 47 heavy (non-hydrogen) atoms. The Morgan fingerprint density at radius 2 is 1.62 bits per heavy atom. The first-order chi connectivity index (χ1) is 22.4. The number of benzene rings is 2. The van der Waals surface area contributed by atoms with E-state index in [1.54, 1.807) is 18.2 Å². The first kappa shape index (κ1) is 32.7. The van der Waals surface area contributed by atoms with Crippen LogP contribution in [0.5, 0.6) is 0 Å². The van der Waals surface area contributed by atoms with Gasteiger partial charge < -0.3 is 15.1 Å². The number of piperidine rings is 2. The van der Waals surface area contributed by atoms with Crippen molar-refractivity contribution in [2.45, 2.75) is 66.3 Å². The number of para-hydroxylation sites is 1. The molecule has 10 heteroatoms. The molecule has 0 radical (unpaired) electrons. The summed E-state index contributed by atoms with van der Waals surface area (Å²) < 4.78 is 31.5. The fraction of sp³-hybridized carbons (Fsp3) is 0.459. The molecule has 6 rings (SSSR count). The lowest BCUT2D eigenvalue weighted by molar-refractivity contribution is 0.0939. The van der Waals surface area contributed by atoms with Crippen molar-refractivity contribution in [3.8, 4) is 16.9 Å². The first-order valence-electron chi connectivity index (χ1n) is 16.7. The topological polar surface area (TPSA) is 83.4 Å². The van der Waals surface area contributed by atoms with Crippen molar-refractivity contribution >= 4 is 22.9 Å². The Hall–Kier alpha value is -4.18. The molecule has 0 aliphatic carbocycles. The van der Waals surface area contributed by atoms with Crippen LogP contribution in [0.25, 0.3) is 28.0 Å². The standard InChI is InChI=1S/C37H44F2N6O2/c1-23-13-17-43(18-14-23)26-15-19-44(20-16-26)36-41-32(28-21-25(10-9-24(28)2)35(47)40-22-37(3,4)5)27-11-12-31(46)45(34(27)42-36)33-29(38)7-6-8-30(33)39/h6-12,21,23,26H,13-20,22H2,1-5H3,(H,40,47). The lowest BCUT2D eigenvalue weighted by atomic mass is 9.95. The minimum absolute atomic E-state index is 0.0908. The fourth-order valence-corrected chi connectivity index (χ4v) is 6.66. The van der Waals surface area contributed by atoms with Gasteiger partial charge in [-0.3, -0.25) is 14.2 Å². The lowest BCUT2D eigenvalue weighted by Gasteiger charge is -2.41. The molecular formula is C37H44F2N6O2. The van der Waals surface area contributed by atoms with Gasteiger partial charge in [0.2, 0.25) is 5.95 Å². The van der Waals surface area contributed by atoms with Gasteiger partial charge in [-0.15, -0.1) is 0 Å². The summed E-state index contributed by atoms with van der Waals surface area (Å²) in [5.74, 6) is -0.798. The third-order valence-electron chi connectivity index (χ3n) is 9.52. The Morgan fingerprint density at radius 1 is 0.936 bits per heavy atom. The zero-order valence-corrected chi connectivity index (χ0v) is 27.9. The van der Waals surface area contributed by atoms with Gasteiger partial charge in [-0.05, 0) is 92.9 Å². The molecule has 248 valence electrons. The molecule has 2 aliphatic heterocycles. The maximum absolute atomic E-state index is 15.2. The van der Waals surface area contributed by atoms with Gasteiger partial charge in [-0.25, -0.2) is 13.8 Å². The number of aryl methyl sites for hydroxylation is 1. The van der Waals surface area contributed by atoms with Gasteiger partial charge in [0.05, 0.1) is 5.69 Å². The number of likely N-dealkylation sites (tertiary alicyclic amines) is 1. The molecule has 1 amide bonds. The van der Waals surface area contributed by atoms with Crippen molar-refractivity contribution in [3.05, 3.63) is 81.6 Å². The first-order valence-corrected chi connectivity index (χ1v) is 16.7. The van der Waals surface area contributed by atoms with Gasteiger partial charge in [0.25, 0.3) is 11.5 Å². The molecule has 2 saturated heterocycles. The monoisotopic (exact) mass is 642 g/mol. The van der Waals surface area contributed by atoms with E-state index < -0.39 is 22.9 Å². The average Bonchev–Trinajstić information content (AvgIpc) is 3.04. The van der Waals surface area contributed by atoms with E-state index in [4.69, 9.17) is 9.97 Å². The van der Waals surface area contributed by atoms with E-state index in [-0.39, 0.29) is 17.0 Å². The molecule has 0 spiro atoms. The molecule has 2 aromatic carbocycles. The highest BCUT2D eigenvalue weighted by atomic mass is 19.1. The highest BCUT2D eigenvalue weighted by Crippen LogP contribution is 2.34. The summed E-state index contributed by atoms with van der Waals surface area (Å²) in [6.07, 6.45) is 4.32. The van der Waals surface area contributed by atoms with Gasteiger partial charge in [-0.2, -0.15) is 4.98 Å². The number of carbonyl (C=O) groups excluding carboxylic acids is 1. The molecule has 1 N–H and O–H groups in total. The van der Waals surface area contributed by atoms with E-state index in [9.17, 15) is 9.59 Å². The molecule has 0 bridgehead atoms. The summed E-state index contributed by atoms with van der Waals surface area (Å²) in [5.41, 5.74) is 1.42. The van der Waals surface area contributed by atoms with Crippen LogP contribution in [0.2, 0.25) is 0 Å². The molecular weight excluding hydrogens is 598 g/mol. The zero-order chi connectivity index (χ0) is 33.5. The second-order valence-corrected chi connectivity index (χ2v) is 14.4. The van der Waals surface area contributed by atoms with Crippen LogP contribution in [-0.2, 0) is 0 Å². The van der Waals surface area contributed by atoms with Crippen molar-refractivity contribution < 1.29 is 13.6 Å². The number of pyridine rings is 1. The Bertz CT molecular complexity index is 1830. The maximum Gasteiger partial charge on any atom is 0.256 e. The summed E-state index contributed by atoms with van der Waals surface area (Å²) in [6, 6.07) is 12.3. The summed E-state index contributed by atoms with van der Waals surface area (Å²) in [5, 5.41) is 3.46. The van der Waals surface area contributed by atoms with E-state index >= 15 is 8.78 Å². The van der Waals surface area contributed by atoms with Crippen LogP contribution >= 0.6 is 0 Å². The van der Waals surface area contributed by atoms with Crippen LogP contribution < -0.4 is 15.8 Å². The molecule has 4 heterocycles. The lowest BCUT2D eigenvalue weighted by Crippen LogP contribution is -2.48. The zero-order valence-electron chi connectivity index (χ0n) is 27.9. The van der Waals surface area contributed by atoms with Crippen LogP contribution in [-0.4, -0.2) is 64.1 Å². The molecule has 2 aromatic heterocycles. The van der Waals surface area contributed by atoms with E-state index in [1.807, 2.05) is 13.0 Å². The number of hydrogen-bond acceptors (Lipinski definition) is 6. The van der Waals surface area contributed by atoms with Crippen molar-refractivity contribution in [2.24, 2.45) is 11.3 Å². The quantitative estimate of drug-likeness (QED) is 0.258. The van der Waals surface area contributed by atoms with Crippen molar-refractivity contribution in [3.63, 3.8) is 0 Å². The molecule has 0 saturated carbocycles. The summed E-state index contributed by atoms with van der Waals surface area (Å²) in [7, 11) is 0. The minimum Gasteiger partial charge on any atom is -0.352 e. The number of anilines is 1. The molecule has 8 nitrogen and oxygen atoms in total. The van der Waals surface area contributed by atoms with Gasteiger partial charge >= 0.3 is 0 Å². The normalized spacial score (nSPS) is 17.0. The third-order valence-corrected chi connectivity index (χ3v) is 9.52. The van der Waals surface area contributed by atoms with E-state index in [0.717, 1.165) is 54.1 Å².